The van der Waals surface area contributed by atoms with Crippen LogP contribution in [0.5, 0.6) is 11.5 Å². The van der Waals surface area contributed by atoms with Crippen molar-refractivity contribution >= 4 is 34.7 Å². The molecule has 3 aromatic rings. The van der Waals surface area contributed by atoms with E-state index in [1.54, 1.807) is 24.4 Å². The summed E-state index contributed by atoms with van der Waals surface area (Å²) < 4.78 is 11.2. The van der Waals surface area contributed by atoms with Crippen LogP contribution < -0.4 is 25.0 Å². The zero-order valence-electron chi connectivity index (χ0n) is 17.9. The molecule has 0 atom stereocenters. The molecule has 0 unspecified atom stereocenters. The number of carbonyl (C=O) groups excluding carboxylic acids is 2. The Morgan fingerprint density at radius 2 is 1.91 bits per heavy atom. The van der Waals surface area contributed by atoms with E-state index in [0.717, 1.165) is 17.9 Å². The summed E-state index contributed by atoms with van der Waals surface area (Å²) in [5, 5.41) is 5.04. The van der Waals surface area contributed by atoms with Gasteiger partial charge in [-0.25, -0.2) is 14.8 Å². The molecule has 2 aliphatic rings. The number of nitrogens with one attached hydrogen (secondary N) is 3. The Bertz CT molecular complexity index is 1130. The number of ether oxygens (including phenoxy) is 2. The Kier molecular flexibility index (Phi) is 5.89. The lowest BCUT2D eigenvalue weighted by molar-refractivity contribution is -0.121. The van der Waals surface area contributed by atoms with Crippen LogP contribution in [0.2, 0.25) is 0 Å². The molecule has 0 aliphatic carbocycles. The number of fused-ring (bicyclic) bond motifs is 2. The highest BCUT2D eigenvalue weighted by atomic mass is 16.5. The molecule has 3 N–H and O–H groups in total. The summed E-state index contributed by atoms with van der Waals surface area (Å²) in [4.78, 5) is 44.5. The summed E-state index contributed by atoms with van der Waals surface area (Å²) in [6.45, 7) is 4.01. The Morgan fingerprint density at radius 3 is 2.73 bits per heavy atom. The van der Waals surface area contributed by atoms with Crippen LogP contribution in [-0.4, -0.2) is 82.7 Å². The van der Waals surface area contributed by atoms with E-state index < -0.39 is 6.03 Å². The highest BCUT2D eigenvalue weighted by Crippen LogP contribution is 2.32. The molecule has 0 bridgehead atoms. The molecular weight excluding hydrogens is 428 g/mol. The fourth-order valence-electron chi connectivity index (χ4n) is 3.79. The molecule has 33 heavy (non-hydrogen) atoms. The number of hydrogen-bond donors (Lipinski definition) is 3. The van der Waals surface area contributed by atoms with Gasteiger partial charge in [0.25, 0.3) is 0 Å². The van der Waals surface area contributed by atoms with Gasteiger partial charge in [0.1, 0.15) is 11.8 Å². The summed E-state index contributed by atoms with van der Waals surface area (Å²) in [6, 6.07) is 4.55. The number of imide groups is 1. The van der Waals surface area contributed by atoms with E-state index in [1.807, 2.05) is 4.90 Å². The standard InChI is InChI=1S/C21H24N8O4/c30-18(26-21(31)24-14-2-3-16-17(10-14)33-9-1-8-32-16)12-28-4-6-29(7-5-28)20-25-15-11-22-13-23-19(15)27-20/h2-3,10-11,13H,1,4-9,12H2,(H,22,23,25,27)(H2,24,26,30,31). The maximum atomic E-state index is 12.4. The minimum Gasteiger partial charge on any atom is -0.490 e. The van der Waals surface area contributed by atoms with Crippen molar-refractivity contribution in [3.8, 4) is 11.5 Å². The SMILES string of the molecule is O=C(CN1CCN(c2nc3ncncc3[nH]2)CC1)NC(=O)Nc1ccc2c(c1)OCCCO2. The largest absolute Gasteiger partial charge is 0.490 e. The Morgan fingerprint density at radius 1 is 1.09 bits per heavy atom. The summed E-state index contributed by atoms with van der Waals surface area (Å²) in [5.41, 5.74) is 1.93. The second-order valence-electron chi connectivity index (χ2n) is 7.80. The van der Waals surface area contributed by atoms with Crippen molar-refractivity contribution in [3.05, 3.63) is 30.7 Å². The minimum atomic E-state index is -0.587. The number of nitrogens with zero attached hydrogens (tertiary/aromatic N) is 5. The average Bonchev–Trinajstić information content (AvgIpc) is 3.11. The first-order chi connectivity index (χ1) is 16.1. The number of anilines is 2. The topological polar surface area (TPSA) is 138 Å². The van der Waals surface area contributed by atoms with Crippen molar-refractivity contribution in [2.24, 2.45) is 0 Å². The van der Waals surface area contributed by atoms with Gasteiger partial charge in [-0.1, -0.05) is 0 Å². The summed E-state index contributed by atoms with van der Waals surface area (Å²) in [6.07, 6.45) is 3.96. The minimum absolute atomic E-state index is 0.133. The Balaban J connectivity index is 1.09. The van der Waals surface area contributed by atoms with E-state index in [-0.39, 0.29) is 12.5 Å². The molecule has 5 rings (SSSR count). The normalized spacial score (nSPS) is 16.3. The van der Waals surface area contributed by atoms with E-state index >= 15 is 0 Å². The third-order valence-corrected chi connectivity index (χ3v) is 5.45. The highest BCUT2D eigenvalue weighted by Gasteiger charge is 2.22. The number of carbonyl (C=O) groups is 2. The fourth-order valence-corrected chi connectivity index (χ4v) is 3.79. The van der Waals surface area contributed by atoms with Gasteiger partial charge in [-0.05, 0) is 12.1 Å². The van der Waals surface area contributed by atoms with Crippen LogP contribution >= 0.6 is 0 Å². The lowest BCUT2D eigenvalue weighted by atomic mass is 10.3. The van der Waals surface area contributed by atoms with Crippen LogP contribution in [0.1, 0.15) is 6.42 Å². The zero-order chi connectivity index (χ0) is 22.6. The van der Waals surface area contributed by atoms with E-state index in [4.69, 9.17) is 9.47 Å². The van der Waals surface area contributed by atoms with Gasteiger partial charge in [-0.15, -0.1) is 0 Å². The number of amides is 3. The van der Waals surface area contributed by atoms with Crippen LogP contribution in [-0.2, 0) is 4.79 Å². The molecule has 3 amide bonds. The predicted octanol–water partition coefficient (Wildman–Crippen LogP) is 0.984. The molecule has 1 aromatic carbocycles. The van der Waals surface area contributed by atoms with Crippen molar-refractivity contribution < 1.29 is 19.1 Å². The van der Waals surface area contributed by atoms with E-state index in [9.17, 15) is 9.59 Å². The second-order valence-corrected chi connectivity index (χ2v) is 7.80. The van der Waals surface area contributed by atoms with Crippen molar-refractivity contribution in [1.82, 2.24) is 30.2 Å². The van der Waals surface area contributed by atoms with Gasteiger partial charge in [0, 0.05) is 44.4 Å². The molecule has 4 heterocycles. The molecule has 0 spiro atoms. The third-order valence-electron chi connectivity index (χ3n) is 5.45. The molecule has 2 aliphatic heterocycles. The first-order valence-electron chi connectivity index (χ1n) is 10.8. The number of piperazine rings is 1. The highest BCUT2D eigenvalue weighted by molar-refractivity contribution is 6.01. The summed E-state index contributed by atoms with van der Waals surface area (Å²) in [7, 11) is 0. The maximum Gasteiger partial charge on any atom is 0.325 e. The lowest BCUT2D eigenvalue weighted by Crippen LogP contribution is -2.50. The van der Waals surface area contributed by atoms with Gasteiger partial charge < -0.3 is 24.7 Å². The zero-order valence-corrected chi connectivity index (χ0v) is 17.9. The number of aromatic amines is 1. The van der Waals surface area contributed by atoms with Gasteiger partial charge in [0.2, 0.25) is 11.9 Å². The number of hydrogen-bond acceptors (Lipinski definition) is 9. The molecule has 0 saturated carbocycles. The second kappa shape index (κ2) is 9.28. The number of imidazole rings is 1. The molecule has 1 saturated heterocycles. The van der Waals surface area contributed by atoms with Crippen LogP contribution in [0.4, 0.5) is 16.4 Å². The number of aromatic nitrogens is 4. The molecule has 2 aromatic heterocycles. The first kappa shape index (κ1) is 20.9. The van der Waals surface area contributed by atoms with Crippen LogP contribution in [0.3, 0.4) is 0 Å². The molecule has 1 fully saturated rings. The fraction of sp³-hybridized carbons (Fsp3) is 0.381. The van der Waals surface area contributed by atoms with Crippen molar-refractivity contribution in [2.75, 3.05) is 56.2 Å². The number of rotatable bonds is 4. The van der Waals surface area contributed by atoms with Crippen molar-refractivity contribution in [2.45, 2.75) is 6.42 Å². The monoisotopic (exact) mass is 452 g/mol. The molecule has 0 radical (unpaired) electrons. The van der Waals surface area contributed by atoms with E-state index in [1.165, 1.54) is 6.33 Å². The molecular formula is C21H24N8O4. The quantitative estimate of drug-likeness (QED) is 0.529. The van der Waals surface area contributed by atoms with Crippen LogP contribution in [0.25, 0.3) is 11.2 Å². The third kappa shape index (κ3) is 4.95. The number of benzene rings is 1. The summed E-state index contributed by atoms with van der Waals surface area (Å²) in [5.74, 6) is 1.59. The Hall–Kier alpha value is -3.93. The lowest BCUT2D eigenvalue weighted by Gasteiger charge is -2.33. The smallest absolute Gasteiger partial charge is 0.325 e. The maximum absolute atomic E-state index is 12.4. The van der Waals surface area contributed by atoms with Gasteiger partial charge in [-0.3, -0.25) is 15.0 Å². The Labute approximate surface area is 189 Å². The van der Waals surface area contributed by atoms with E-state index in [2.05, 4.69) is 35.5 Å². The average molecular weight is 452 g/mol. The van der Waals surface area contributed by atoms with Crippen LogP contribution in [0.15, 0.2) is 30.7 Å². The molecule has 12 heteroatoms. The van der Waals surface area contributed by atoms with Gasteiger partial charge in [0.15, 0.2) is 17.1 Å². The number of urea groups is 1. The first-order valence-corrected chi connectivity index (χ1v) is 10.8. The summed E-state index contributed by atoms with van der Waals surface area (Å²) >= 11 is 0. The molecule has 172 valence electrons. The predicted molar refractivity (Wildman–Crippen MR) is 120 cm³/mol. The van der Waals surface area contributed by atoms with Gasteiger partial charge in [-0.2, -0.15) is 4.98 Å². The van der Waals surface area contributed by atoms with Crippen molar-refractivity contribution in [3.63, 3.8) is 0 Å². The van der Waals surface area contributed by atoms with Gasteiger partial charge in [0.05, 0.1) is 26.0 Å². The van der Waals surface area contributed by atoms with Gasteiger partial charge >= 0.3 is 6.03 Å². The van der Waals surface area contributed by atoms with E-state index in [0.29, 0.717) is 62.2 Å². The number of H-pyrrole nitrogens is 1. The van der Waals surface area contributed by atoms with Crippen LogP contribution in [0, 0.1) is 0 Å². The van der Waals surface area contributed by atoms with Crippen molar-refractivity contribution in [1.29, 1.82) is 0 Å². The molecule has 12 nitrogen and oxygen atoms in total.